The van der Waals surface area contributed by atoms with Gasteiger partial charge in [0.2, 0.25) is 5.78 Å². The van der Waals surface area contributed by atoms with Crippen molar-refractivity contribution in [3.63, 3.8) is 0 Å². The number of ketones is 1. The van der Waals surface area contributed by atoms with Crippen LogP contribution in [0.5, 0.6) is 0 Å². The lowest BCUT2D eigenvalue weighted by atomic mass is 10.4. The first-order chi connectivity index (χ1) is 7.90. The van der Waals surface area contributed by atoms with Gasteiger partial charge in [0.1, 0.15) is 0 Å². The molecule has 98 valence electrons. The third-order valence-electron chi connectivity index (χ3n) is 1.28. The number of hydrogen-bond acceptors (Lipinski definition) is 7. The topological polar surface area (TPSA) is 102 Å². The van der Waals surface area contributed by atoms with E-state index in [0.717, 1.165) is 0 Å². The highest BCUT2D eigenvalue weighted by Gasteiger charge is 2.05. The van der Waals surface area contributed by atoms with Gasteiger partial charge in [0, 0.05) is 6.92 Å². The predicted molar refractivity (Wildman–Crippen MR) is 58.8 cm³/mol. The zero-order chi connectivity index (χ0) is 13.8. The maximum absolute atomic E-state index is 10.5. The van der Waals surface area contributed by atoms with Gasteiger partial charge in [0.25, 0.3) is 0 Å². The average molecular weight is 247 g/mol. The molecule has 0 aromatic rings. The lowest BCUT2D eigenvalue weighted by Crippen LogP contribution is -2.13. The molecule has 0 aliphatic rings. The van der Waals surface area contributed by atoms with E-state index in [1.165, 1.54) is 13.8 Å². The molecule has 0 unspecified atom stereocenters. The van der Waals surface area contributed by atoms with Crippen molar-refractivity contribution in [3.8, 4) is 0 Å². The molecule has 0 saturated carbocycles. The highest BCUT2D eigenvalue weighted by molar-refractivity contribution is 6.35. The van der Waals surface area contributed by atoms with Crippen LogP contribution in [0, 0.1) is 0 Å². The van der Waals surface area contributed by atoms with Crippen LogP contribution in [0.15, 0.2) is 5.16 Å². The quantitative estimate of drug-likeness (QED) is 0.256. The fourth-order valence-electron chi connectivity index (χ4n) is 0.509. The Kier molecular flexibility index (Phi) is 10.9. The molecule has 0 radical (unpaired) electrons. The van der Waals surface area contributed by atoms with Crippen LogP contribution in [0.3, 0.4) is 0 Å². The number of hydrogen-bond donors (Lipinski definition) is 1. The van der Waals surface area contributed by atoms with Gasteiger partial charge in [-0.25, -0.2) is 9.59 Å². The molecule has 0 bridgehead atoms. The normalized spacial score (nSPS) is 9.76. The van der Waals surface area contributed by atoms with Gasteiger partial charge in [-0.2, -0.15) is 0 Å². The van der Waals surface area contributed by atoms with E-state index in [1.54, 1.807) is 13.8 Å². The molecule has 1 N–H and O–H groups in total. The lowest BCUT2D eigenvalue weighted by Gasteiger charge is -1.96. The van der Waals surface area contributed by atoms with Gasteiger partial charge in [-0.05, 0) is 20.8 Å². The largest absolute Gasteiger partial charge is 0.461 e. The Labute approximate surface area is 99.4 Å². The summed E-state index contributed by atoms with van der Waals surface area (Å²) in [6.07, 6.45) is 0. The molecule has 0 spiro atoms. The Balaban J connectivity index is 0. The molecule has 0 aliphatic carbocycles. The second kappa shape index (κ2) is 10.6. The number of carbonyl (C=O) groups excluding carboxylic acids is 3. The van der Waals surface area contributed by atoms with Crippen molar-refractivity contribution in [1.29, 1.82) is 0 Å². The minimum Gasteiger partial charge on any atom is -0.461 e. The van der Waals surface area contributed by atoms with Gasteiger partial charge in [-0.1, -0.05) is 5.16 Å². The van der Waals surface area contributed by atoms with Crippen molar-refractivity contribution in [2.45, 2.75) is 27.7 Å². The van der Waals surface area contributed by atoms with Crippen molar-refractivity contribution in [1.82, 2.24) is 0 Å². The second-order valence-electron chi connectivity index (χ2n) is 2.68. The summed E-state index contributed by atoms with van der Waals surface area (Å²) in [6, 6.07) is 0. The van der Waals surface area contributed by atoms with Gasteiger partial charge in [-0.3, -0.25) is 4.79 Å². The van der Waals surface area contributed by atoms with E-state index in [1.807, 2.05) is 0 Å². The standard InChI is InChI=1S/C5H9NO3.C5H8O3/c1-3-9-5(7)4(2)6-8;1-3-8-5(7)4(2)6/h8H,3H2,1-2H3;3H2,1-2H3. The van der Waals surface area contributed by atoms with Crippen LogP contribution in [0.25, 0.3) is 0 Å². The Morgan fingerprint density at radius 2 is 1.41 bits per heavy atom. The minimum atomic E-state index is -0.757. The molecule has 7 nitrogen and oxygen atoms in total. The third-order valence-corrected chi connectivity index (χ3v) is 1.28. The summed E-state index contributed by atoms with van der Waals surface area (Å²) in [5.41, 5.74) is -0.0307. The molecular formula is C10H17NO6. The molecule has 0 saturated heterocycles. The van der Waals surface area contributed by atoms with E-state index in [4.69, 9.17) is 5.21 Å². The molecule has 0 aliphatic heterocycles. The van der Waals surface area contributed by atoms with Crippen LogP contribution in [-0.2, 0) is 23.9 Å². The van der Waals surface area contributed by atoms with E-state index in [9.17, 15) is 14.4 Å². The summed E-state index contributed by atoms with van der Waals surface area (Å²) in [4.78, 5) is 30.7. The first kappa shape index (κ1) is 17.5. The third kappa shape index (κ3) is 10.4. The number of nitrogens with zero attached hydrogens (tertiary/aromatic N) is 1. The van der Waals surface area contributed by atoms with Crippen LogP contribution in [-0.4, -0.2) is 41.9 Å². The number of rotatable bonds is 4. The number of ether oxygens (including phenoxy) is 2. The van der Waals surface area contributed by atoms with E-state index >= 15 is 0 Å². The zero-order valence-electron chi connectivity index (χ0n) is 10.3. The van der Waals surface area contributed by atoms with Crippen molar-refractivity contribution >= 4 is 23.4 Å². The van der Waals surface area contributed by atoms with Crippen LogP contribution in [0.4, 0.5) is 0 Å². The summed E-state index contributed by atoms with van der Waals surface area (Å²) in [5.74, 6) is -1.89. The monoisotopic (exact) mass is 247 g/mol. The second-order valence-corrected chi connectivity index (χ2v) is 2.68. The van der Waals surface area contributed by atoms with Gasteiger partial charge in [0.15, 0.2) is 5.71 Å². The Morgan fingerprint density at radius 3 is 1.65 bits per heavy atom. The molecule has 0 rings (SSSR count). The van der Waals surface area contributed by atoms with Crippen LogP contribution in [0.1, 0.15) is 27.7 Å². The van der Waals surface area contributed by atoms with Crippen molar-refractivity contribution in [2.24, 2.45) is 5.16 Å². The maximum atomic E-state index is 10.5. The summed E-state index contributed by atoms with van der Waals surface area (Å²) < 4.78 is 8.78. The van der Waals surface area contributed by atoms with Crippen molar-refractivity contribution in [3.05, 3.63) is 0 Å². The Morgan fingerprint density at radius 1 is 1.00 bits per heavy atom. The molecule has 17 heavy (non-hydrogen) atoms. The number of carbonyl (C=O) groups is 3. The molecule has 0 aromatic heterocycles. The summed E-state index contributed by atoms with van der Waals surface area (Å²) in [6.45, 7) is 6.45. The smallest absolute Gasteiger partial charge is 0.374 e. The van der Waals surface area contributed by atoms with Crippen LogP contribution in [0.2, 0.25) is 0 Å². The number of esters is 2. The Bertz CT molecular complexity index is 297. The number of Topliss-reactive ketones (excluding diaryl/α,β-unsaturated/α-hetero) is 1. The van der Waals surface area contributed by atoms with Crippen molar-refractivity contribution in [2.75, 3.05) is 13.2 Å². The predicted octanol–water partition coefficient (Wildman–Crippen LogP) is 0.538. The first-order valence-corrected chi connectivity index (χ1v) is 4.94. The molecular weight excluding hydrogens is 230 g/mol. The summed E-state index contributed by atoms with van der Waals surface area (Å²) >= 11 is 0. The molecule has 0 atom stereocenters. The van der Waals surface area contributed by atoms with Gasteiger partial charge >= 0.3 is 11.9 Å². The van der Waals surface area contributed by atoms with E-state index < -0.39 is 17.7 Å². The maximum Gasteiger partial charge on any atom is 0.374 e. The fraction of sp³-hybridized carbons (Fsp3) is 0.600. The van der Waals surface area contributed by atoms with Crippen molar-refractivity contribution < 1.29 is 29.1 Å². The molecule has 7 heteroatoms. The molecule has 0 fully saturated rings. The lowest BCUT2D eigenvalue weighted by molar-refractivity contribution is -0.152. The number of oxime groups is 1. The van der Waals surface area contributed by atoms with Gasteiger partial charge in [-0.15, -0.1) is 0 Å². The SMILES string of the molecule is CCOC(=O)C(C)=NO.CCOC(=O)C(C)=O. The van der Waals surface area contributed by atoms with Crippen LogP contribution < -0.4 is 0 Å². The average Bonchev–Trinajstić information content (AvgIpc) is 2.29. The first-order valence-electron chi connectivity index (χ1n) is 4.94. The summed E-state index contributed by atoms with van der Waals surface area (Å²) in [7, 11) is 0. The molecule has 0 aromatic carbocycles. The molecule has 0 heterocycles. The minimum absolute atomic E-state index is 0.0307. The van der Waals surface area contributed by atoms with E-state index in [2.05, 4.69) is 14.6 Å². The van der Waals surface area contributed by atoms with E-state index in [-0.39, 0.29) is 12.3 Å². The Hall–Kier alpha value is -1.92. The van der Waals surface area contributed by atoms with Gasteiger partial charge < -0.3 is 14.7 Å². The zero-order valence-corrected chi connectivity index (χ0v) is 10.3. The summed E-state index contributed by atoms with van der Waals surface area (Å²) in [5, 5.41) is 10.7. The van der Waals surface area contributed by atoms with Crippen LogP contribution >= 0.6 is 0 Å². The van der Waals surface area contributed by atoms with E-state index in [0.29, 0.717) is 6.61 Å². The fourth-order valence-corrected chi connectivity index (χ4v) is 0.509. The highest BCUT2D eigenvalue weighted by atomic mass is 16.5. The molecule has 0 amide bonds. The van der Waals surface area contributed by atoms with Gasteiger partial charge in [0.05, 0.1) is 13.2 Å². The highest BCUT2D eigenvalue weighted by Crippen LogP contribution is 1.81.